The number of carboxylic acid groups (broad SMARTS) is 1. The molecule has 0 unspecified atom stereocenters. The van der Waals surface area contributed by atoms with E-state index in [-0.39, 0.29) is 5.91 Å². The summed E-state index contributed by atoms with van der Waals surface area (Å²) < 4.78 is 5.85. The van der Waals surface area contributed by atoms with Gasteiger partial charge in [-0.05, 0) is 23.6 Å². The zero-order valence-corrected chi connectivity index (χ0v) is 13.1. The van der Waals surface area contributed by atoms with E-state index < -0.39 is 29.5 Å². The number of benzene rings is 1. The predicted octanol–water partition coefficient (Wildman–Crippen LogP) is 0.846. The van der Waals surface area contributed by atoms with Crippen molar-refractivity contribution in [2.75, 3.05) is 11.4 Å². The van der Waals surface area contributed by atoms with E-state index in [1.165, 1.54) is 5.56 Å². The average Bonchev–Trinajstić information content (AvgIpc) is 3.15. The van der Waals surface area contributed by atoms with Gasteiger partial charge in [-0.25, -0.2) is 0 Å². The van der Waals surface area contributed by atoms with Crippen molar-refractivity contribution in [3.63, 3.8) is 0 Å². The molecule has 1 aromatic rings. The quantitative estimate of drug-likeness (QED) is 0.776. The van der Waals surface area contributed by atoms with Gasteiger partial charge in [0.2, 0.25) is 5.91 Å². The minimum Gasteiger partial charge on any atom is -0.550 e. The lowest BCUT2D eigenvalue weighted by atomic mass is 9.77. The Morgan fingerprint density at radius 2 is 2.04 bits per heavy atom. The molecule has 2 bridgehead atoms. The first-order chi connectivity index (χ1) is 10.9. The van der Waals surface area contributed by atoms with Crippen molar-refractivity contribution in [1.29, 1.82) is 0 Å². The van der Waals surface area contributed by atoms with Gasteiger partial charge in [0.1, 0.15) is 5.60 Å². The fraction of sp³-hybridized carbons (Fsp3) is 0.444. The number of amides is 1. The zero-order valence-electron chi connectivity index (χ0n) is 13.1. The molecule has 1 amide bonds. The molecule has 5 nitrogen and oxygen atoms in total. The Balaban J connectivity index is 1.67. The van der Waals surface area contributed by atoms with Gasteiger partial charge in [0, 0.05) is 17.6 Å². The number of rotatable bonds is 3. The summed E-state index contributed by atoms with van der Waals surface area (Å²) in [5, 5.41) is 11.4. The molecule has 0 saturated carbocycles. The van der Waals surface area contributed by atoms with E-state index in [1.807, 2.05) is 30.3 Å². The molecule has 4 atom stereocenters. The van der Waals surface area contributed by atoms with Crippen molar-refractivity contribution in [2.24, 2.45) is 11.8 Å². The first-order valence-corrected chi connectivity index (χ1v) is 7.92. The van der Waals surface area contributed by atoms with Crippen molar-refractivity contribution in [1.82, 2.24) is 0 Å². The molecule has 0 aliphatic carbocycles. The number of nitrogens with zero attached hydrogens (tertiary/aromatic N) is 1. The summed E-state index contributed by atoms with van der Waals surface area (Å²) in [5.74, 6) is -2.57. The van der Waals surface area contributed by atoms with Crippen LogP contribution in [0.3, 0.4) is 0 Å². The van der Waals surface area contributed by atoms with E-state index in [9.17, 15) is 14.7 Å². The molecule has 120 valence electrons. The molecule has 0 aromatic heterocycles. The number of hydrogen-bond donors (Lipinski definition) is 0. The molecule has 0 radical (unpaired) electrons. The van der Waals surface area contributed by atoms with Gasteiger partial charge in [-0.1, -0.05) is 38.1 Å². The number of ether oxygens (including phenoxy) is 1. The van der Waals surface area contributed by atoms with E-state index in [0.717, 1.165) is 5.69 Å². The first kappa shape index (κ1) is 14.5. The molecule has 3 aliphatic heterocycles. The van der Waals surface area contributed by atoms with Crippen LogP contribution < -0.4 is 10.0 Å². The summed E-state index contributed by atoms with van der Waals surface area (Å²) in [5.41, 5.74) is 1.16. The second kappa shape index (κ2) is 4.68. The molecule has 3 aliphatic rings. The maximum absolute atomic E-state index is 12.8. The highest BCUT2D eigenvalue weighted by Crippen LogP contribution is 2.52. The Morgan fingerprint density at radius 3 is 2.65 bits per heavy atom. The maximum Gasteiger partial charge on any atom is 0.234 e. The average molecular weight is 312 g/mol. The molecule has 2 saturated heterocycles. The van der Waals surface area contributed by atoms with Crippen LogP contribution in [0, 0.1) is 11.8 Å². The lowest BCUT2D eigenvalue weighted by Crippen LogP contribution is -2.45. The highest BCUT2D eigenvalue weighted by atomic mass is 16.5. The summed E-state index contributed by atoms with van der Waals surface area (Å²) in [7, 11) is 0. The minimum atomic E-state index is -1.21. The molecule has 1 aromatic carbocycles. The van der Waals surface area contributed by atoms with Crippen molar-refractivity contribution in [3.8, 4) is 0 Å². The molecule has 5 heteroatoms. The second-order valence-electron chi connectivity index (χ2n) is 6.89. The topological polar surface area (TPSA) is 69.7 Å². The summed E-state index contributed by atoms with van der Waals surface area (Å²) >= 11 is 0. The minimum absolute atomic E-state index is 0.191. The predicted molar refractivity (Wildman–Crippen MR) is 81.6 cm³/mol. The molecule has 0 N–H and O–H groups in total. The highest BCUT2D eigenvalue weighted by Gasteiger charge is 2.65. The Kier molecular flexibility index (Phi) is 2.94. The SMILES string of the molecule is CC(C)c1ccc(N2C[C@@]34C=C[C@@H](O3)[C@@H](C(=O)[O-])[C@H]4C2=O)cc1. The van der Waals surface area contributed by atoms with Crippen LogP contribution in [0.4, 0.5) is 5.69 Å². The number of anilines is 1. The lowest BCUT2D eigenvalue weighted by Gasteiger charge is -2.24. The summed E-state index contributed by atoms with van der Waals surface area (Å²) in [6.45, 7) is 4.58. The molecule has 2 fully saturated rings. The van der Waals surface area contributed by atoms with Crippen LogP contribution in [0.25, 0.3) is 0 Å². The number of carbonyl (C=O) groups excluding carboxylic acids is 2. The molecule has 3 heterocycles. The third-order valence-corrected chi connectivity index (χ3v) is 5.24. The van der Waals surface area contributed by atoms with Gasteiger partial charge in [-0.2, -0.15) is 0 Å². The van der Waals surface area contributed by atoms with E-state index in [4.69, 9.17) is 4.74 Å². The smallest absolute Gasteiger partial charge is 0.234 e. The number of hydrogen-bond acceptors (Lipinski definition) is 4. The number of carboxylic acids is 1. The molecular weight excluding hydrogens is 294 g/mol. The fourth-order valence-corrected chi connectivity index (χ4v) is 4.03. The van der Waals surface area contributed by atoms with Crippen molar-refractivity contribution in [2.45, 2.75) is 31.5 Å². The Hall–Kier alpha value is -2.14. The van der Waals surface area contributed by atoms with Crippen molar-refractivity contribution >= 4 is 17.6 Å². The van der Waals surface area contributed by atoms with Gasteiger partial charge in [0.25, 0.3) is 0 Å². The van der Waals surface area contributed by atoms with Crippen LogP contribution in [-0.2, 0) is 14.3 Å². The van der Waals surface area contributed by atoms with Gasteiger partial charge in [0.05, 0.1) is 18.6 Å². The van der Waals surface area contributed by atoms with E-state index >= 15 is 0 Å². The molecular formula is C18H18NO4-. The summed E-state index contributed by atoms with van der Waals surface area (Å²) in [4.78, 5) is 25.9. The standard InChI is InChI=1S/C18H19NO4/c1-10(2)11-3-5-12(6-4-11)19-9-18-8-7-13(23-18)14(17(21)22)15(18)16(19)20/h3-8,10,13-15H,9H2,1-2H3,(H,21,22)/p-1/t13-,14-,15+,18-/m1/s1. The molecule has 23 heavy (non-hydrogen) atoms. The van der Waals surface area contributed by atoms with Crippen LogP contribution in [0.5, 0.6) is 0 Å². The highest BCUT2D eigenvalue weighted by molar-refractivity contribution is 6.02. The van der Waals surface area contributed by atoms with Gasteiger partial charge in [-0.3, -0.25) is 4.79 Å². The number of carbonyl (C=O) groups is 2. The van der Waals surface area contributed by atoms with Crippen molar-refractivity contribution < 1.29 is 19.4 Å². The van der Waals surface area contributed by atoms with E-state index in [0.29, 0.717) is 12.5 Å². The number of aliphatic carboxylic acids is 1. The third kappa shape index (κ3) is 1.89. The lowest BCUT2D eigenvalue weighted by molar-refractivity contribution is -0.313. The van der Waals surface area contributed by atoms with Crippen molar-refractivity contribution in [3.05, 3.63) is 42.0 Å². The van der Waals surface area contributed by atoms with Crippen LogP contribution in [-0.4, -0.2) is 30.1 Å². The summed E-state index contributed by atoms with van der Waals surface area (Å²) in [6, 6.07) is 7.83. The Morgan fingerprint density at radius 1 is 1.35 bits per heavy atom. The molecule has 4 rings (SSSR count). The van der Waals surface area contributed by atoms with E-state index in [1.54, 1.807) is 11.0 Å². The van der Waals surface area contributed by atoms with Gasteiger partial charge in [-0.15, -0.1) is 0 Å². The van der Waals surface area contributed by atoms with Gasteiger partial charge in [0.15, 0.2) is 0 Å². The summed E-state index contributed by atoms with van der Waals surface area (Å²) in [6.07, 6.45) is 3.05. The van der Waals surface area contributed by atoms with E-state index in [2.05, 4.69) is 13.8 Å². The normalized spacial score (nSPS) is 34.5. The zero-order chi connectivity index (χ0) is 16.4. The van der Waals surface area contributed by atoms with Crippen LogP contribution in [0.15, 0.2) is 36.4 Å². The van der Waals surface area contributed by atoms with Crippen LogP contribution in [0.2, 0.25) is 0 Å². The Bertz CT molecular complexity index is 708. The van der Waals surface area contributed by atoms with Crippen LogP contribution in [0.1, 0.15) is 25.3 Å². The van der Waals surface area contributed by atoms with Crippen LogP contribution >= 0.6 is 0 Å². The molecule has 1 spiro atoms. The first-order valence-electron chi connectivity index (χ1n) is 7.92. The fourth-order valence-electron chi connectivity index (χ4n) is 4.03. The monoisotopic (exact) mass is 312 g/mol. The maximum atomic E-state index is 12.8. The third-order valence-electron chi connectivity index (χ3n) is 5.24. The number of fused-ring (bicyclic) bond motifs is 1. The second-order valence-corrected chi connectivity index (χ2v) is 6.89. The van der Waals surface area contributed by atoms with Gasteiger partial charge >= 0.3 is 0 Å². The Labute approximate surface area is 134 Å². The largest absolute Gasteiger partial charge is 0.550 e. The van der Waals surface area contributed by atoms with Gasteiger partial charge < -0.3 is 19.5 Å².